The highest BCUT2D eigenvalue weighted by atomic mass is 79.9. The van der Waals surface area contributed by atoms with E-state index in [0.29, 0.717) is 11.5 Å². The zero-order valence-electron chi connectivity index (χ0n) is 7.71. The van der Waals surface area contributed by atoms with Crippen LogP contribution in [0.1, 0.15) is 5.82 Å². The van der Waals surface area contributed by atoms with Crippen LogP contribution in [0.15, 0.2) is 22.7 Å². The maximum atomic E-state index is 13.1. The molecule has 2 rings (SSSR count). The Hall–Kier alpha value is -0.940. The summed E-state index contributed by atoms with van der Waals surface area (Å²) in [5.41, 5.74) is 0.586. The van der Waals surface area contributed by atoms with Gasteiger partial charge in [-0.15, -0.1) is 10.2 Å². The molecule has 0 radical (unpaired) electrons. The molecule has 0 unspecified atom stereocenters. The van der Waals surface area contributed by atoms with Gasteiger partial charge in [0.05, 0.1) is 5.69 Å². The number of aryl methyl sites for hydroxylation is 1. The molecule has 3 nitrogen and oxygen atoms in total. The minimum absolute atomic E-state index is 0.207. The first-order valence-electron chi connectivity index (χ1n) is 4.12. The fourth-order valence-corrected chi connectivity index (χ4v) is 1.94. The zero-order chi connectivity index (χ0) is 11.0. The molecule has 0 fully saturated rings. The lowest BCUT2D eigenvalue weighted by Crippen LogP contribution is -1.99. The molecule has 0 amide bonds. The smallest absolute Gasteiger partial charge is 0.229 e. The summed E-state index contributed by atoms with van der Waals surface area (Å²) >= 11 is 9.17. The number of benzene rings is 1. The van der Waals surface area contributed by atoms with E-state index in [1.165, 1.54) is 12.1 Å². The predicted octanol–water partition coefficient (Wildman–Crippen LogP) is 3.13. The summed E-state index contributed by atoms with van der Waals surface area (Å²) in [5, 5.41) is 7.71. The van der Waals surface area contributed by atoms with E-state index < -0.39 is 0 Å². The van der Waals surface area contributed by atoms with Crippen LogP contribution >= 0.6 is 27.5 Å². The molecule has 2 aromatic rings. The van der Waals surface area contributed by atoms with Crippen molar-refractivity contribution in [2.24, 2.45) is 0 Å². The molecule has 0 N–H and O–H groups in total. The van der Waals surface area contributed by atoms with Crippen molar-refractivity contribution in [3.63, 3.8) is 0 Å². The second-order valence-electron chi connectivity index (χ2n) is 2.95. The topological polar surface area (TPSA) is 30.7 Å². The van der Waals surface area contributed by atoms with E-state index >= 15 is 0 Å². The second kappa shape index (κ2) is 3.90. The van der Waals surface area contributed by atoms with Crippen molar-refractivity contribution >= 4 is 27.5 Å². The first kappa shape index (κ1) is 10.6. The Balaban J connectivity index is 2.68. The van der Waals surface area contributed by atoms with Crippen LogP contribution in [0.2, 0.25) is 5.28 Å². The summed E-state index contributed by atoms with van der Waals surface area (Å²) in [6, 6.07) is 4.34. The Labute approximate surface area is 99.0 Å². The Morgan fingerprint density at radius 2 is 2.13 bits per heavy atom. The Morgan fingerprint density at radius 1 is 1.40 bits per heavy atom. The van der Waals surface area contributed by atoms with Crippen LogP contribution in [0.25, 0.3) is 5.69 Å². The largest absolute Gasteiger partial charge is 0.269 e. The van der Waals surface area contributed by atoms with Gasteiger partial charge in [-0.1, -0.05) is 0 Å². The molecule has 0 aliphatic rings. The lowest BCUT2D eigenvalue weighted by molar-refractivity contribution is 0.626. The van der Waals surface area contributed by atoms with Crippen molar-refractivity contribution in [3.05, 3.63) is 39.6 Å². The summed E-state index contributed by atoms with van der Waals surface area (Å²) in [6.07, 6.45) is 0. The number of hydrogen-bond donors (Lipinski definition) is 0. The number of rotatable bonds is 1. The predicted molar refractivity (Wildman–Crippen MR) is 58.8 cm³/mol. The first-order chi connectivity index (χ1) is 7.09. The molecule has 0 saturated carbocycles. The number of nitrogens with zero attached hydrogens (tertiary/aromatic N) is 3. The van der Waals surface area contributed by atoms with E-state index in [1.807, 2.05) is 0 Å². The standard InChI is InChI=1S/C9H6BrClFN3/c1-5-13-14-9(11)15(5)8-4-6(12)2-3-7(8)10/h2-4H,1H3. The first-order valence-corrected chi connectivity index (χ1v) is 5.29. The van der Waals surface area contributed by atoms with Crippen molar-refractivity contribution in [1.82, 2.24) is 14.8 Å². The number of aromatic nitrogens is 3. The molecule has 78 valence electrons. The molecular formula is C9H6BrClFN3. The van der Waals surface area contributed by atoms with E-state index in [-0.39, 0.29) is 11.1 Å². The number of hydrogen-bond acceptors (Lipinski definition) is 2. The Morgan fingerprint density at radius 3 is 2.73 bits per heavy atom. The summed E-state index contributed by atoms with van der Waals surface area (Å²) in [7, 11) is 0. The van der Waals surface area contributed by atoms with E-state index in [9.17, 15) is 4.39 Å². The van der Waals surface area contributed by atoms with Crippen LogP contribution in [0, 0.1) is 12.7 Å². The third-order valence-corrected chi connectivity index (χ3v) is 2.85. The van der Waals surface area contributed by atoms with Crippen molar-refractivity contribution in [1.29, 1.82) is 0 Å². The third-order valence-electron chi connectivity index (χ3n) is 1.93. The van der Waals surface area contributed by atoms with Crippen LogP contribution in [-0.2, 0) is 0 Å². The van der Waals surface area contributed by atoms with Gasteiger partial charge in [0.25, 0.3) is 0 Å². The van der Waals surface area contributed by atoms with Gasteiger partial charge in [-0.2, -0.15) is 0 Å². The van der Waals surface area contributed by atoms with Gasteiger partial charge < -0.3 is 0 Å². The normalized spacial score (nSPS) is 10.7. The molecule has 0 bridgehead atoms. The van der Waals surface area contributed by atoms with E-state index in [1.54, 1.807) is 17.6 Å². The lowest BCUT2D eigenvalue weighted by atomic mass is 10.3. The summed E-state index contributed by atoms with van der Waals surface area (Å²) < 4.78 is 15.4. The maximum absolute atomic E-state index is 13.1. The van der Waals surface area contributed by atoms with Crippen LogP contribution in [0.3, 0.4) is 0 Å². The summed E-state index contributed by atoms with van der Waals surface area (Å²) in [4.78, 5) is 0. The van der Waals surface area contributed by atoms with Crippen LogP contribution in [-0.4, -0.2) is 14.8 Å². The van der Waals surface area contributed by atoms with Gasteiger partial charge >= 0.3 is 0 Å². The highest BCUT2D eigenvalue weighted by Gasteiger charge is 2.11. The minimum atomic E-state index is -0.336. The molecule has 1 aromatic carbocycles. The fourth-order valence-electron chi connectivity index (χ4n) is 1.27. The molecule has 0 atom stereocenters. The molecule has 1 aromatic heterocycles. The highest BCUT2D eigenvalue weighted by molar-refractivity contribution is 9.10. The Bertz CT molecular complexity index is 493. The van der Waals surface area contributed by atoms with Crippen molar-refractivity contribution in [2.75, 3.05) is 0 Å². The monoisotopic (exact) mass is 289 g/mol. The van der Waals surface area contributed by atoms with E-state index in [0.717, 1.165) is 4.47 Å². The lowest BCUT2D eigenvalue weighted by Gasteiger charge is -2.07. The zero-order valence-corrected chi connectivity index (χ0v) is 10.0. The van der Waals surface area contributed by atoms with Gasteiger partial charge in [-0.25, -0.2) is 4.39 Å². The molecule has 0 aliphatic carbocycles. The Kier molecular flexibility index (Phi) is 2.75. The molecule has 0 spiro atoms. The van der Waals surface area contributed by atoms with Crippen molar-refractivity contribution in [3.8, 4) is 5.69 Å². The average Bonchev–Trinajstić information content (AvgIpc) is 2.51. The van der Waals surface area contributed by atoms with Gasteiger partial charge in [0, 0.05) is 4.47 Å². The van der Waals surface area contributed by atoms with Gasteiger partial charge in [-0.05, 0) is 52.7 Å². The molecule has 1 heterocycles. The van der Waals surface area contributed by atoms with E-state index in [2.05, 4.69) is 26.1 Å². The van der Waals surface area contributed by atoms with Gasteiger partial charge in [-0.3, -0.25) is 4.57 Å². The van der Waals surface area contributed by atoms with Gasteiger partial charge in [0.15, 0.2) is 0 Å². The SMILES string of the molecule is Cc1nnc(Cl)n1-c1cc(F)ccc1Br. The highest BCUT2D eigenvalue weighted by Crippen LogP contribution is 2.25. The van der Waals surface area contributed by atoms with Gasteiger partial charge in [0.1, 0.15) is 11.6 Å². The van der Waals surface area contributed by atoms with Gasteiger partial charge in [0.2, 0.25) is 5.28 Å². The van der Waals surface area contributed by atoms with Crippen molar-refractivity contribution < 1.29 is 4.39 Å². The molecular weight excluding hydrogens is 284 g/mol. The second-order valence-corrected chi connectivity index (χ2v) is 4.14. The molecule has 0 aliphatic heterocycles. The molecule has 0 saturated heterocycles. The van der Waals surface area contributed by atoms with Crippen LogP contribution in [0.5, 0.6) is 0 Å². The van der Waals surface area contributed by atoms with E-state index in [4.69, 9.17) is 11.6 Å². The van der Waals surface area contributed by atoms with Crippen LogP contribution < -0.4 is 0 Å². The quantitative estimate of drug-likeness (QED) is 0.808. The van der Waals surface area contributed by atoms with Crippen molar-refractivity contribution in [2.45, 2.75) is 6.92 Å². The molecule has 6 heteroatoms. The summed E-state index contributed by atoms with van der Waals surface area (Å²) in [6.45, 7) is 1.75. The maximum Gasteiger partial charge on any atom is 0.229 e. The average molecular weight is 291 g/mol. The fraction of sp³-hybridized carbons (Fsp3) is 0.111. The summed E-state index contributed by atoms with van der Waals surface area (Å²) in [5.74, 6) is 0.267. The minimum Gasteiger partial charge on any atom is -0.269 e. The molecule has 15 heavy (non-hydrogen) atoms. The third kappa shape index (κ3) is 1.89. The van der Waals surface area contributed by atoms with Crippen LogP contribution in [0.4, 0.5) is 4.39 Å². The number of halogens is 3.